The fourth-order valence-corrected chi connectivity index (χ4v) is 6.52. The lowest BCUT2D eigenvalue weighted by Crippen LogP contribution is -2.60. The van der Waals surface area contributed by atoms with Crippen LogP contribution in [0.5, 0.6) is 0 Å². The summed E-state index contributed by atoms with van der Waals surface area (Å²) in [5.41, 5.74) is 2.23. The van der Waals surface area contributed by atoms with Gasteiger partial charge < -0.3 is 5.32 Å². The Balaban J connectivity index is 1.88. The fraction of sp³-hybridized carbons (Fsp3) is 0.391. The maximum atomic E-state index is 14.0. The minimum Gasteiger partial charge on any atom is -0.305 e. The van der Waals surface area contributed by atoms with E-state index in [0.29, 0.717) is 23.8 Å². The summed E-state index contributed by atoms with van der Waals surface area (Å²) in [5, 5.41) is 7.83. The fourth-order valence-electron chi connectivity index (χ4n) is 4.46. The van der Waals surface area contributed by atoms with Crippen molar-refractivity contribution in [2.75, 3.05) is 26.7 Å². The average Bonchev–Trinajstić information content (AvgIpc) is 3.02. The van der Waals surface area contributed by atoms with E-state index in [-0.39, 0.29) is 12.5 Å². The Morgan fingerprint density at radius 3 is 2.25 bits per heavy atom. The molecule has 0 saturated carbocycles. The van der Waals surface area contributed by atoms with Gasteiger partial charge in [0.1, 0.15) is 12.3 Å². The van der Waals surface area contributed by atoms with Crippen LogP contribution in [0.4, 0.5) is 4.79 Å². The predicted molar refractivity (Wildman–Crippen MR) is 126 cm³/mol. The Hall–Kier alpha value is -2.26. The molecule has 1 N–H and O–H groups in total. The number of hydrogen-bond donors (Lipinski definition) is 1. The summed E-state index contributed by atoms with van der Waals surface area (Å²) in [6.45, 7) is 0.808. The van der Waals surface area contributed by atoms with Crippen LogP contribution < -0.4 is 5.32 Å². The number of benzene rings is 2. The Labute approximate surface area is 194 Å². The zero-order chi connectivity index (χ0) is 22.8. The molecule has 0 bridgehead atoms. The van der Waals surface area contributed by atoms with Gasteiger partial charge in [0.2, 0.25) is 0 Å². The molecule has 9 heteroatoms. The molecule has 2 aromatic rings. The van der Waals surface area contributed by atoms with Crippen LogP contribution in [-0.2, 0) is 10.2 Å². The monoisotopic (exact) mass is 475 g/mol. The molecule has 2 heterocycles. The molecule has 0 aliphatic carbocycles. The molecule has 1 saturated heterocycles. The third kappa shape index (κ3) is 4.08. The van der Waals surface area contributed by atoms with E-state index in [1.54, 1.807) is 12.1 Å². The molecule has 2 aliphatic rings. The molecule has 2 unspecified atom stereocenters. The number of hydrogen-bond acceptors (Lipinski definition) is 4. The number of urea groups is 1. The Morgan fingerprint density at radius 2 is 1.66 bits per heavy atom. The molecule has 170 valence electrons. The van der Waals surface area contributed by atoms with Crippen molar-refractivity contribution < 1.29 is 17.2 Å². The number of nitrogens with zero attached hydrogens (tertiary/aromatic N) is 3. The molecule has 32 heavy (non-hydrogen) atoms. The molecule has 7 nitrogen and oxygen atoms in total. The van der Waals surface area contributed by atoms with Crippen molar-refractivity contribution in [1.29, 1.82) is 0 Å². The van der Waals surface area contributed by atoms with Crippen LogP contribution >= 0.6 is 11.6 Å². The van der Waals surface area contributed by atoms with Crippen LogP contribution in [0.1, 0.15) is 42.7 Å². The van der Waals surface area contributed by atoms with Crippen LogP contribution in [0.25, 0.3) is 0 Å². The molecule has 0 aromatic heterocycles. The topological polar surface area (TPSA) is 78.8 Å². The van der Waals surface area contributed by atoms with E-state index < -0.39 is 20.2 Å². The normalized spacial score (nSPS) is 24.6. The van der Waals surface area contributed by atoms with Crippen molar-refractivity contribution in [3.05, 3.63) is 70.7 Å². The first-order valence-electron chi connectivity index (χ1n) is 10.9. The Bertz CT molecular complexity index is 1100. The Morgan fingerprint density at radius 1 is 1.03 bits per heavy atom. The van der Waals surface area contributed by atoms with Crippen LogP contribution in [0.15, 0.2) is 59.7 Å². The summed E-state index contributed by atoms with van der Waals surface area (Å²) < 4.78 is 28.4. The number of carbonyl (C=O) groups excluding carboxylic acids is 1. The average molecular weight is 476 g/mol. The van der Waals surface area contributed by atoms with Gasteiger partial charge in [-0.15, -0.1) is 0 Å². The summed E-state index contributed by atoms with van der Waals surface area (Å²) in [4.78, 5) is 13.2. The van der Waals surface area contributed by atoms with E-state index in [4.69, 9.17) is 16.7 Å². The van der Waals surface area contributed by atoms with E-state index >= 15 is 0 Å². The van der Waals surface area contributed by atoms with Gasteiger partial charge in [0.25, 0.3) is 0 Å². The SMILES string of the molecule is CNC(=O)[N+]1(S(=O)(=O)N2CCCCCC2)CC(c2ccccc2)C(c2ccc(Cl)cc2)=N1. The zero-order valence-electron chi connectivity index (χ0n) is 18.1. The van der Waals surface area contributed by atoms with Gasteiger partial charge in [0.15, 0.2) is 0 Å². The second-order valence-electron chi connectivity index (χ2n) is 8.19. The quantitative estimate of drug-likeness (QED) is 0.675. The van der Waals surface area contributed by atoms with Crippen LogP contribution in [0, 0.1) is 0 Å². The maximum Gasteiger partial charge on any atom is 0.459 e. The third-order valence-corrected chi connectivity index (χ3v) is 8.61. The lowest BCUT2D eigenvalue weighted by Gasteiger charge is -2.30. The number of amides is 2. The van der Waals surface area contributed by atoms with Crippen LogP contribution in [-0.4, -0.2) is 55.1 Å². The van der Waals surface area contributed by atoms with Crippen molar-refractivity contribution >= 4 is 33.6 Å². The molecule has 1 fully saturated rings. The highest BCUT2D eigenvalue weighted by molar-refractivity contribution is 7.83. The summed E-state index contributed by atoms with van der Waals surface area (Å²) in [6, 6.07) is 16.1. The molecular weight excluding hydrogens is 448 g/mol. The van der Waals surface area contributed by atoms with E-state index in [2.05, 4.69) is 5.32 Å². The second-order valence-corrected chi connectivity index (χ2v) is 10.6. The first-order chi connectivity index (χ1) is 15.4. The maximum absolute atomic E-state index is 14.0. The number of rotatable bonds is 4. The highest BCUT2D eigenvalue weighted by atomic mass is 35.5. The molecular formula is C23H28ClN4O3S+. The Kier molecular flexibility index (Phi) is 6.67. The van der Waals surface area contributed by atoms with E-state index in [1.807, 2.05) is 42.5 Å². The van der Waals surface area contributed by atoms with Gasteiger partial charge in [-0.3, -0.25) is 0 Å². The van der Waals surface area contributed by atoms with Crippen molar-refractivity contribution in [3.8, 4) is 0 Å². The summed E-state index contributed by atoms with van der Waals surface area (Å²) in [6.07, 6.45) is 3.53. The van der Waals surface area contributed by atoms with Gasteiger partial charge in [-0.2, -0.15) is 12.7 Å². The lowest BCUT2D eigenvalue weighted by molar-refractivity contribution is -0.725. The standard InChI is InChI=1S/C23H27ClN4O3S/c1-25-23(29)28(32(30,31)27-15-7-2-3-8-16-27)17-21(18-9-5-4-6-10-18)22(26-28)19-11-13-20(24)14-12-19/h4-6,9-14,21H,2-3,7-8,15-17H2,1H3/p+1. The van der Waals surface area contributed by atoms with Gasteiger partial charge in [-0.1, -0.05) is 72.0 Å². The molecule has 2 atom stereocenters. The zero-order valence-corrected chi connectivity index (χ0v) is 19.6. The van der Waals surface area contributed by atoms with Crippen LogP contribution in [0.2, 0.25) is 5.02 Å². The molecule has 2 aromatic carbocycles. The van der Waals surface area contributed by atoms with E-state index in [1.165, 1.54) is 11.4 Å². The number of quaternary nitrogens is 1. The minimum atomic E-state index is -4.10. The lowest BCUT2D eigenvalue weighted by atomic mass is 9.91. The molecule has 4 rings (SSSR count). The van der Waals surface area contributed by atoms with Gasteiger partial charge in [0, 0.05) is 34.7 Å². The van der Waals surface area contributed by atoms with Gasteiger partial charge >= 0.3 is 16.2 Å². The van der Waals surface area contributed by atoms with Crippen LogP contribution in [0.3, 0.4) is 0 Å². The summed E-state index contributed by atoms with van der Waals surface area (Å²) in [7, 11) is -2.65. The first kappa shape index (κ1) is 22.9. The largest absolute Gasteiger partial charge is 0.459 e. The number of nitrogens with one attached hydrogen (secondary N) is 1. The van der Waals surface area contributed by atoms with Gasteiger partial charge in [0.05, 0.1) is 5.92 Å². The highest BCUT2D eigenvalue weighted by Gasteiger charge is 2.60. The summed E-state index contributed by atoms with van der Waals surface area (Å²) >= 11 is 6.08. The van der Waals surface area contributed by atoms with Gasteiger partial charge in [-0.05, 0) is 30.5 Å². The van der Waals surface area contributed by atoms with E-state index in [0.717, 1.165) is 36.8 Å². The minimum absolute atomic E-state index is 0.000476. The molecule has 2 amide bonds. The molecule has 2 aliphatic heterocycles. The number of halogens is 1. The predicted octanol–water partition coefficient (Wildman–Crippen LogP) is 4.12. The van der Waals surface area contributed by atoms with Crippen molar-refractivity contribution in [2.24, 2.45) is 5.10 Å². The van der Waals surface area contributed by atoms with Crippen molar-refractivity contribution in [2.45, 2.75) is 31.6 Å². The van der Waals surface area contributed by atoms with Crippen molar-refractivity contribution in [3.63, 3.8) is 0 Å². The highest BCUT2D eigenvalue weighted by Crippen LogP contribution is 2.38. The molecule has 0 spiro atoms. The number of carbonyl (C=O) groups is 1. The van der Waals surface area contributed by atoms with E-state index in [9.17, 15) is 13.2 Å². The first-order valence-corrected chi connectivity index (χ1v) is 12.7. The summed E-state index contributed by atoms with van der Waals surface area (Å²) in [5.74, 6) is -0.364. The van der Waals surface area contributed by atoms with Crippen molar-refractivity contribution in [1.82, 2.24) is 9.62 Å². The molecule has 0 radical (unpaired) electrons. The second kappa shape index (κ2) is 9.31. The third-order valence-electron chi connectivity index (χ3n) is 6.18. The smallest absolute Gasteiger partial charge is 0.305 e. The van der Waals surface area contributed by atoms with Gasteiger partial charge in [-0.25, -0.2) is 4.79 Å².